The van der Waals surface area contributed by atoms with E-state index in [9.17, 15) is 8.42 Å². The summed E-state index contributed by atoms with van der Waals surface area (Å²) in [6.45, 7) is 5.66. The van der Waals surface area contributed by atoms with E-state index in [2.05, 4.69) is 14.7 Å². The Morgan fingerprint density at radius 1 is 1.33 bits per heavy atom. The standard InChI is InChI=1S/C14H19N3O3S/c1-4-13-15-9-14(16-13)21(18,19)17-11-7-5-6-8-12(11)20-10(2)3/h5-10,17H,4H2,1-3H3,(H,15,16). The fraction of sp³-hybridized carbons (Fsp3) is 0.357. The van der Waals surface area contributed by atoms with Crippen molar-refractivity contribution in [3.05, 3.63) is 36.3 Å². The molecule has 0 saturated carbocycles. The van der Waals surface area contributed by atoms with Crippen molar-refractivity contribution in [2.45, 2.75) is 38.3 Å². The Morgan fingerprint density at radius 3 is 2.67 bits per heavy atom. The highest BCUT2D eigenvalue weighted by Crippen LogP contribution is 2.27. The molecule has 1 heterocycles. The molecule has 6 nitrogen and oxygen atoms in total. The summed E-state index contributed by atoms with van der Waals surface area (Å²) in [7, 11) is -3.71. The molecule has 2 aromatic rings. The summed E-state index contributed by atoms with van der Waals surface area (Å²) >= 11 is 0. The van der Waals surface area contributed by atoms with Crippen molar-refractivity contribution in [2.24, 2.45) is 0 Å². The minimum Gasteiger partial charge on any atom is -0.489 e. The monoisotopic (exact) mass is 309 g/mol. The number of H-pyrrole nitrogens is 1. The van der Waals surface area contributed by atoms with E-state index in [0.29, 0.717) is 23.7 Å². The number of nitrogens with one attached hydrogen (secondary N) is 2. The number of aryl methyl sites for hydroxylation is 1. The fourth-order valence-electron chi connectivity index (χ4n) is 1.77. The highest BCUT2D eigenvalue weighted by molar-refractivity contribution is 7.92. The number of para-hydroxylation sites is 2. The van der Waals surface area contributed by atoms with Crippen LogP contribution in [0.15, 0.2) is 35.5 Å². The van der Waals surface area contributed by atoms with Crippen LogP contribution >= 0.6 is 0 Å². The normalized spacial score (nSPS) is 11.6. The van der Waals surface area contributed by atoms with E-state index in [0.717, 1.165) is 0 Å². The maximum absolute atomic E-state index is 12.3. The highest BCUT2D eigenvalue weighted by atomic mass is 32.2. The van der Waals surface area contributed by atoms with Gasteiger partial charge in [0.2, 0.25) is 0 Å². The Morgan fingerprint density at radius 2 is 2.05 bits per heavy atom. The number of rotatable bonds is 6. The maximum Gasteiger partial charge on any atom is 0.279 e. The van der Waals surface area contributed by atoms with Crippen LogP contribution in [0.5, 0.6) is 5.75 Å². The van der Waals surface area contributed by atoms with Gasteiger partial charge in [0, 0.05) is 6.42 Å². The molecule has 1 aromatic heterocycles. The molecule has 0 fully saturated rings. The van der Waals surface area contributed by atoms with Crippen LogP contribution in [0, 0.1) is 0 Å². The average molecular weight is 309 g/mol. The largest absolute Gasteiger partial charge is 0.489 e. The molecule has 0 atom stereocenters. The maximum atomic E-state index is 12.3. The molecule has 0 aliphatic rings. The number of aromatic amines is 1. The van der Waals surface area contributed by atoms with Crippen LogP contribution in [-0.4, -0.2) is 24.5 Å². The minimum atomic E-state index is -3.71. The minimum absolute atomic E-state index is 0.0405. The van der Waals surface area contributed by atoms with Gasteiger partial charge >= 0.3 is 0 Å². The molecule has 0 radical (unpaired) electrons. The molecule has 0 aliphatic carbocycles. The quantitative estimate of drug-likeness (QED) is 0.859. The predicted octanol–water partition coefficient (Wildman–Crippen LogP) is 2.56. The summed E-state index contributed by atoms with van der Waals surface area (Å²) in [5, 5.41) is 0.0405. The van der Waals surface area contributed by atoms with Crippen molar-refractivity contribution in [1.29, 1.82) is 0 Å². The lowest BCUT2D eigenvalue weighted by molar-refractivity contribution is 0.244. The molecule has 2 N–H and O–H groups in total. The third-order valence-electron chi connectivity index (χ3n) is 2.72. The Bertz CT molecular complexity index is 708. The van der Waals surface area contributed by atoms with Crippen LogP contribution in [0.25, 0.3) is 0 Å². The van der Waals surface area contributed by atoms with Crippen molar-refractivity contribution in [3.63, 3.8) is 0 Å². The molecule has 0 aliphatic heterocycles. The summed E-state index contributed by atoms with van der Waals surface area (Å²) < 4.78 is 32.8. The smallest absolute Gasteiger partial charge is 0.279 e. The Kier molecular flexibility index (Phi) is 4.52. The molecule has 21 heavy (non-hydrogen) atoms. The van der Waals surface area contributed by atoms with Gasteiger partial charge in [-0.15, -0.1) is 0 Å². The molecule has 0 bridgehead atoms. The van der Waals surface area contributed by atoms with E-state index in [1.165, 1.54) is 6.20 Å². The third kappa shape index (κ3) is 3.75. The van der Waals surface area contributed by atoms with E-state index in [1.54, 1.807) is 24.3 Å². The summed E-state index contributed by atoms with van der Waals surface area (Å²) in [6, 6.07) is 6.92. The van der Waals surface area contributed by atoms with Gasteiger partial charge in [0.25, 0.3) is 10.0 Å². The van der Waals surface area contributed by atoms with Gasteiger partial charge in [-0.1, -0.05) is 19.1 Å². The lowest BCUT2D eigenvalue weighted by Crippen LogP contribution is -2.15. The van der Waals surface area contributed by atoms with Crippen LogP contribution in [0.3, 0.4) is 0 Å². The first kappa shape index (κ1) is 15.4. The topological polar surface area (TPSA) is 84.1 Å². The predicted molar refractivity (Wildman–Crippen MR) is 81.0 cm³/mol. The van der Waals surface area contributed by atoms with Crippen molar-refractivity contribution < 1.29 is 13.2 Å². The Labute approximate surface area is 124 Å². The van der Waals surface area contributed by atoms with E-state index in [1.807, 2.05) is 20.8 Å². The van der Waals surface area contributed by atoms with Gasteiger partial charge in [0.05, 0.1) is 18.0 Å². The van der Waals surface area contributed by atoms with Gasteiger partial charge < -0.3 is 9.72 Å². The van der Waals surface area contributed by atoms with Crippen LogP contribution in [-0.2, 0) is 16.4 Å². The van der Waals surface area contributed by atoms with Gasteiger partial charge in [0.1, 0.15) is 11.6 Å². The number of sulfonamides is 1. The Balaban J connectivity index is 2.28. The van der Waals surface area contributed by atoms with Crippen molar-refractivity contribution in [3.8, 4) is 5.75 Å². The van der Waals surface area contributed by atoms with E-state index in [4.69, 9.17) is 4.74 Å². The second kappa shape index (κ2) is 6.17. The molecule has 114 valence electrons. The second-order valence-electron chi connectivity index (χ2n) is 4.82. The molecule has 0 spiro atoms. The first-order valence-corrected chi connectivity index (χ1v) is 8.23. The molecule has 0 saturated heterocycles. The van der Waals surface area contributed by atoms with E-state index < -0.39 is 10.0 Å². The third-order valence-corrected chi connectivity index (χ3v) is 4.00. The number of imidazole rings is 1. The van der Waals surface area contributed by atoms with E-state index >= 15 is 0 Å². The van der Waals surface area contributed by atoms with Crippen molar-refractivity contribution >= 4 is 15.7 Å². The fourth-order valence-corrected chi connectivity index (χ4v) is 2.78. The van der Waals surface area contributed by atoms with Gasteiger partial charge in [-0.05, 0) is 26.0 Å². The first-order valence-electron chi connectivity index (χ1n) is 6.74. The number of ether oxygens (including phenoxy) is 1. The molecule has 1 aromatic carbocycles. The SMILES string of the molecule is CCc1ncc(S(=O)(=O)Nc2ccccc2OC(C)C)[nH]1. The van der Waals surface area contributed by atoms with E-state index in [-0.39, 0.29) is 11.1 Å². The van der Waals surface area contributed by atoms with Crippen LogP contribution in [0.4, 0.5) is 5.69 Å². The van der Waals surface area contributed by atoms with Gasteiger partial charge in [-0.25, -0.2) is 4.98 Å². The molecule has 0 unspecified atom stereocenters. The van der Waals surface area contributed by atoms with Gasteiger partial charge in [-0.3, -0.25) is 4.72 Å². The van der Waals surface area contributed by atoms with Gasteiger partial charge in [0.15, 0.2) is 5.03 Å². The van der Waals surface area contributed by atoms with Crippen LogP contribution in [0.2, 0.25) is 0 Å². The van der Waals surface area contributed by atoms with Crippen molar-refractivity contribution in [1.82, 2.24) is 9.97 Å². The number of aromatic nitrogens is 2. The second-order valence-corrected chi connectivity index (χ2v) is 6.47. The number of nitrogens with zero attached hydrogens (tertiary/aromatic N) is 1. The number of benzene rings is 1. The number of anilines is 1. The molecular formula is C14H19N3O3S. The number of hydrogen-bond donors (Lipinski definition) is 2. The summed E-state index contributed by atoms with van der Waals surface area (Å²) in [5.74, 6) is 1.12. The summed E-state index contributed by atoms with van der Waals surface area (Å²) in [6.07, 6.45) is 1.91. The lowest BCUT2D eigenvalue weighted by atomic mass is 10.3. The average Bonchev–Trinajstić information content (AvgIpc) is 2.90. The highest BCUT2D eigenvalue weighted by Gasteiger charge is 2.19. The zero-order valence-electron chi connectivity index (χ0n) is 12.3. The molecule has 0 amide bonds. The van der Waals surface area contributed by atoms with Crippen molar-refractivity contribution in [2.75, 3.05) is 4.72 Å². The zero-order valence-corrected chi connectivity index (χ0v) is 13.1. The Hall–Kier alpha value is -2.02. The molecular weight excluding hydrogens is 290 g/mol. The molecule has 7 heteroatoms. The van der Waals surface area contributed by atoms with Crippen LogP contribution < -0.4 is 9.46 Å². The summed E-state index contributed by atoms with van der Waals surface area (Å²) in [5.41, 5.74) is 0.402. The summed E-state index contributed by atoms with van der Waals surface area (Å²) in [4.78, 5) is 6.79. The lowest BCUT2D eigenvalue weighted by Gasteiger charge is -2.15. The molecule has 2 rings (SSSR count). The zero-order chi connectivity index (χ0) is 15.5. The van der Waals surface area contributed by atoms with Gasteiger partial charge in [-0.2, -0.15) is 8.42 Å². The van der Waals surface area contributed by atoms with Crippen LogP contribution in [0.1, 0.15) is 26.6 Å². The number of hydrogen-bond acceptors (Lipinski definition) is 4. The first-order chi connectivity index (χ1) is 9.92.